The second-order valence-electron chi connectivity index (χ2n) is 6.65. The maximum Gasteiger partial charge on any atom is 0.251 e. The molecule has 0 spiro atoms. The van der Waals surface area contributed by atoms with E-state index in [0.29, 0.717) is 11.3 Å². The van der Waals surface area contributed by atoms with Crippen LogP contribution in [0.2, 0.25) is 0 Å². The van der Waals surface area contributed by atoms with Crippen LogP contribution in [-0.2, 0) is 9.84 Å². The van der Waals surface area contributed by atoms with Crippen molar-refractivity contribution < 1.29 is 17.9 Å². The van der Waals surface area contributed by atoms with Gasteiger partial charge in [-0.15, -0.1) is 0 Å². The molecule has 6 nitrogen and oxygen atoms in total. The number of benzene rings is 1. The summed E-state index contributed by atoms with van der Waals surface area (Å²) in [5, 5.41) is 2.93. The van der Waals surface area contributed by atoms with Crippen LogP contribution in [0.4, 0.5) is 0 Å². The number of sulfone groups is 1. The van der Waals surface area contributed by atoms with E-state index < -0.39 is 9.84 Å². The fourth-order valence-corrected chi connectivity index (χ4v) is 5.57. The van der Waals surface area contributed by atoms with Gasteiger partial charge in [-0.3, -0.25) is 9.69 Å². The molecular weight excluding hydrogens is 328 g/mol. The Morgan fingerprint density at radius 1 is 1.25 bits per heavy atom. The van der Waals surface area contributed by atoms with Crippen LogP contribution in [0.3, 0.4) is 0 Å². The van der Waals surface area contributed by atoms with E-state index in [1.54, 1.807) is 19.2 Å². The van der Waals surface area contributed by atoms with Gasteiger partial charge in [0.15, 0.2) is 9.84 Å². The number of aryl methyl sites for hydroxylation is 1. The summed E-state index contributed by atoms with van der Waals surface area (Å²) in [6.07, 6.45) is 2.18. The molecule has 2 saturated heterocycles. The third kappa shape index (κ3) is 3.57. The molecule has 24 heavy (non-hydrogen) atoms. The molecule has 0 radical (unpaired) electrons. The Labute approximate surface area is 143 Å². The lowest BCUT2D eigenvalue weighted by Gasteiger charge is -2.28. The van der Waals surface area contributed by atoms with Crippen molar-refractivity contribution in [3.8, 4) is 5.75 Å². The summed E-state index contributed by atoms with van der Waals surface area (Å²) in [5.74, 6) is 0.551. The minimum absolute atomic E-state index is 0.0168. The zero-order valence-electron chi connectivity index (χ0n) is 14.1. The van der Waals surface area contributed by atoms with Gasteiger partial charge >= 0.3 is 0 Å². The molecule has 2 heterocycles. The number of nitrogens with one attached hydrogen (secondary N) is 1. The summed E-state index contributed by atoms with van der Waals surface area (Å²) in [5.41, 5.74) is 1.44. The van der Waals surface area contributed by atoms with Crippen LogP contribution < -0.4 is 10.1 Å². The largest absolute Gasteiger partial charge is 0.496 e. The Balaban J connectivity index is 1.76. The first-order valence-corrected chi connectivity index (χ1v) is 10.1. The smallest absolute Gasteiger partial charge is 0.251 e. The number of ether oxygens (including phenoxy) is 1. The summed E-state index contributed by atoms with van der Waals surface area (Å²) in [6, 6.07) is 4.79. The van der Waals surface area contributed by atoms with Crippen molar-refractivity contribution in [1.82, 2.24) is 10.2 Å². The zero-order chi connectivity index (χ0) is 17.3. The molecule has 1 N–H and O–H groups in total. The van der Waals surface area contributed by atoms with Crippen molar-refractivity contribution in [2.24, 2.45) is 0 Å². The lowest BCUT2D eigenvalue weighted by molar-refractivity contribution is 0.0918. The van der Waals surface area contributed by atoms with Gasteiger partial charge < -0.3 is 10.1 Å². The Bertz CT molecular complexity index is 726. The molecule has 3 rings (SSSR count). The predicted molar refractivity (Wildman–Crippen MR) is 92.2 cm³/mol. The average molecular weight is 352 g/mol. The number of carbonyl (C=O) groups is 1. The highest BCUT2D eigenvalue weighted by atomic mass is 32.2. The monoisotopic (exact) mass is 352 g/mol. The van der Waals surface area contributed by atoms with Crippen molar-refractivity contribution in [1.29, 1.82) is 0 Å². The molecule has 1 amide bonds. The minimum atomic E-state index is -3.11. The van der Waals surface area contributed by atoms with Gasteiger partial charge in [-0.1, -0.05) is 6.07 Å². The number of hydrogen-bond donors (Lipinski definition) is 1. The van der Waals surface area contributed by atoms with Crippen molar-refractivity contribution in [2.75, 3.05) is 31.7 Å². The van der Waals surface area contributed by atoms with E-state index in [4.69, 9.17) is 4.74 Å². The highest BCUT2D eigenvalue weighted by Gasteiger charge is 2.42. The van der Waals surface area contributed by atoms with Crippen molar-refractivity contribution >= 4 is 15.7 Å². The first-order chi connectivity index (χ1) is 11.4. The summed E-state index contributed by atoms with van der Waals surface area (Å²) in [7, 11) is -1.54. The molecular formula is C17H24N2O4S. The molecule has 0 aliphatic carbocycles. The quantitative estimate of drug-likeness (QED) is 0.875. The molecule has 0 bridgehead atoms. The Morgan fingerprint density at radius 3 is 2.62 bits per heavy atom. The van der Waals surface area contributed by atoms with E-state index in [1.807, 2.05) is 13.0 Å². The average Bonchev–Trinajstić information content (AvgIpc) is 3.15. The third-order valence-corrected chi connectivity index (χ3v) is 6.64. The topological polar surface area (TPSA) is 75.7 Å². The van der Waals surface area contributed by atoms with Crippen LogP contribution in [0.15, 0.2) is 18.2 Å². The number of methoxy groups -OCH3 is 1. The second-order valence-corrected chi connectivity index (χ2v) is 8.81. The molecule has 2 fully saturated rings. The molecule has 2 aliphatic rings. The molecule has 0 aromatic heterocycles. The zero-order valence-corrected chi connectivity index (χ0v) is 14.9. The Hall–Kier alpha value is -1.60. The SMILES string of the molecule is COc1cc(C(=O)N[C@H]2CS(=O)(=O)C[C@@H]2N2CCCC2)ccc1C. The van der Waals surface area contributed by atoms with Gasteiger partial charge in [0.25, 0.3) is 5.91 Å². The highest BCUT2D eigenvalue weighted by Crippen LogP contribution is 2.24. The van der Waals surface area contributed by atoms with Crippen LogP contribution >= 0.6 is 0 Å². The molecule has 1 aromatic rings. The molecule has 132 valence electrons. The number of hydrogen-bond acceptors (Lipinski definition) is 5. The maximum absolute atomic E-state index is 12.6. The number of likely N-dealkylation sites (tertiary alicyclic amines) is 1. The van der Waals surface area contributed by atoms with Crippen molar-refractivity contribution in [3.63, 3.8) is 0 Å². The predicted octanol–water partition coefficient (Wildman–Crippen LogP) is 0.995. The van der Waals surface area contributed by atoms with Crippen LogP contribution in [0, 0.1) is 6.92 Å². The number of rotatable bonds is 4. The molecule has 0 saturated carbocycles. The standard InChI is InChI=1S/C17H24N2O4S/c1-12-5-6-13(9-16(12)23-2)17(20)18-14-10-24(21,22)11-15(14)19-7-3-4-8-19/h5-6,9,14-15H,3-4,7-8,10-11H2,1-2H3,(H,18,20)/t14-,15-/m0/s1. The highest BCUT2D eigenvalue weighted by molar-refractivity contribution is 7.91. The first-order valence-electron chi connectivity index (χ1n) is 8.29. The van der Waals surface area contributed by atoms with Crippen LogP contribution in [0.25, 0.3) is 0 Å². The first kappa shape index (κ1) is 17.2. The fraction of sp³-hybridized carbons (Fsp3) is 0.588. The Morgan fingerprint density at radius 2 is 1.96 bits per heavy atom. The number of nitrogens with zero attached hydrogens (tertiary/aromatic N) is 1. The van der Waals surface area contributed by atoms with E-state index in [1.165, 1.54) is 0 Å². The summed E-state index contributed by atoms with van der Waals surface area (Å²) < 4.78 is 29.4. The van der Waals surface area contributed by atoms with Gasteiger partial charge in [0.2, 0.25) is 0 Å². The van der Waals surface area contributed by atoms with Crippen molar-refractivity contribution in [2.45, 2.75) is 31.8 Å². The normalized spacial score (nSPS) is 26.4. The lowest BCUT2D eigenvalue weighted by Crippen LogP contribution is -2.50. The van der Waals surface area contributed by atoms with E-state index >= 15 is 0 Å². The second kappa shape index (κ2) is 6.72. The van der Waals surface area contributed by atoms with E-state index in [0.717, 1.165) is 31.5 Å². The van der Waals surface area contributed by atoms with Gasteiger partial charge in [0.1, 0.15) is 5.75 Å². The molecule has 0 unspecified atom stereocenters. The van der Waals surface area contributed by atoms with E-state index in [2.05, 4.69) is 10.2 Å². The summed E-state index contributed by atoms with van der Waals surface area (Å²) in [4.78, 5) is 14.8. The fourth-order valence-electron chi connectivity index (χ4n) is 3.61. The van der Waals surface area contributed by atoms with Gasteiger partial charge in [-0.05, 0) is 50.6 Å². The van der Waals surface area contributed by atoms with E-state index in [9.17, 15) is 13.2 Å². The lowest BCUT2D eigenvalue weighted by atomic mass is 10.1. The molecule has 1 aromatic carbocycles. The molecule has 2 atom stereocenters. The van der Waals surface area contributed by atoms with Crippen LogP contribution in [-0.4, -0.2) is 63.0 Å². The van der Waals surface area contributed by atoms with Crippen LogP contribution in [0.5, 0.6) is 5.75 Å². The van der Waals surface area contributed by atoms with Gasteiger partial charge in [-0.25, -0.2) is 8.42 Å². The third-order valence-electron chi connectivity index (χ3n) is 4.92. The molecule has 2 aliphatic heterocycles. The summed E-state index contributed by atoms with van der Waals surface area (Å²) >= 11 is 0. The summed E-state index contributed by atoms with van der Waals surface area (Å²) in [6.45, 7) is 3.73. The van der Waals surface area contributed by atoms with Gasteiger partial charge in [-0.2, -0.15) is 0 Å². The molecule has 7 heteroatoms. The van der Waals surface area contributed by atoms with Crippen LogP contribution in [0.1, 0.15) is 28.8 Å². The van der Waals surface area contributed by atoms with Gasteiger partial charge in [0, 0.05) is 11.6 Å². The van der Waals surface area contributed by atoms with Crippen molar-refractivity contribution in [3.05, 3.63) is 29.3 Å². The van der Waals surface area contributed by atoms with E-state index in [-0.39, 0.29) is 29.5 Å². The number of amides is 1. The van der Waals surface area contributed by atoms with Gasteiger partial charge in [0.05, 0.1) is 24.7 Å². The minimum Gasteiger partial charge on any atom is -0.496 e. The number of carbonyl (C=O) groups excluding carboxylic acids is 1. The Kier molecular flexibility index (Phi) is 4.83. The maximum atomic E-state index is 12.6.